The Morgan fingerprint density at radius 1 is 1.19 bits per heavy atom. The Morgan fingerprint density at radius 2 is 1.88 bits per heavy atom. The van der Waals surface area contributed by atoms with Crippen molar-refractivity contribution < 1.29 is 14.5 Å². The summed E-state index contributed by atoms with van der Waals surface area (Å²) in [5.41, 5.74) is 0.0286. The number of amides is 1. The van der Waals surface area contributed by atoms with Crippen LogP contribution < -0.4 is 10.1 Å². The van der Waals surface area contributed by atoms with Gasteiger partial charge in [-0.3, -0.25) is 14.9 Å². The fourth-order valence-corrected chi connectivity index (χ4v) is 2.93. The van der Waals surface area contributed by atoms with E-state index >= 15 is 0 Å². The molecule has 1 heterocycles. The minimum absolute atomic E-state index is 0.0579. The predicted octanol–water partition coefficient (Wildman–Crippen LogP) is 3.21. The summed E-state index contributed by atoms with van der Waals surface area (Å²) in [5.74, 6) is 0.510. The molecule has 7 nitrogen and oxygen atoms in total. The van der Waals surface area contributed by atoms with Crippen molar-refractivity contribution >= 4 is 11.6 Å². The number of carbonyl (C=O) groups excluding carboxylic acids is 1. The second kappa shape index (κ2) is 7.97. The highest BCUT2D eigenvalue weighted by Gasteiger charge is 2.23. The van der Waals surface area contributed by atoms with Gasteiger partial charge >= 0.3 is 0 Å². The number of para-hydroxylation sites is 1. The van der Waals surface area contributed by atoms with E-state index in [0.717, 1.165) is 25.9 Å². The number of non-ortho nitro benzene ring substituents is 1. The Balaban J connectivity index is 1.83. The van der Waals surface area contributed by atoms with E-state index in [1.807, 2.05) is 25.2 Å². The molecule has 0 atom stereocenters. The third-order valence-electron chi connectivity index (χ3n) is 4.44. The minimum Gasteiger partial charge on any atom is -0.457 e. The molecule has 0 bridgehead atoms. The summed E-state index contributed by atoms with van der Waals surface area (Å²) in [6.45, 7) is 1.82. The molecule has 1 fully saturated rings. The summed E-state index contributed by atoms with van der Waals surface area (Å²) in [5, 5.41) is 14.1. The smallest absolute Gasteiger partial charge is 0.270 e. The lowest BCUT2D eigenvalue weighted by Gasteiger charge is -2.29. The van der Waals surface area contributed by atoms with Gasteiger partial charge in [0.15, 0.2) is 0 Å². The summed E-state index contributed by atoms with van der Waals surface area (Å²) in [7, 11) is 2.05. The highest BCUT2D eigenvalue weighted by atomic mass is 16.6. The van der Waals surface area contributed by atoms with Crippen LogP contribution in [0.25, 0.3) is 0 Å². The number of hydrogen-bond acceptors (Lipinski definition) is 5. The van der Waals surface area contributed by atoms with Crippen LogP contribution in [0.4, 0.5) is 5.69 Å². The Morgan fingerprint density at radius 3 is 2.54 bits per heavy atom. The van der Waals surface area contributed by atoms with Gasteiger partial charge in [-0.1, -0.05) is 18.2 Å². The topological polar surface area (TPSA) is 84.7 Å². The highest BCUT2D eigenvalue weighted by molar-refractivity contribution is 5.97. The zero-order valence-corrected chi connectivity index (χ0v) is 14.6. The molecule has 2 aromatic rings. The lowest BCUT2D eigenvalue weighted by Crippen LogP contribution is -2.43. The first-order valence-electron chi connectivity index (χ1n) is 8.53. The molecule has 0 radical (unpaired) electrons. The molecule has 0 saturated carbocycles. The van der Waals surface area contributed by atoms with Crippen molar-refractivity contribution in [2.75, 3.05) is 20.1 Å². The normalized spacial score (nSPS) is 15.4. The Labute approximate surface area is 151 Å². The number of carbonyl (C=O) groups is 1. The zero-order chi connectivity index (χ0) is 18.5. The second-order valence-corrected chi connectivity index (χ2v) is 6.40. The Hall–Kier alpha value is -2.93. The number of hydrogen-bond donors (Lipinski definition) is 1. The van der Waals surface area contributed by atoms with Crippen molar-refractivity contribution in [1.82, 2.24) is 10.2 Å². The fraction of sp³-hybridized carbons (Fsp3) is 0.316. The predicted molar refractivity (Wildman–Crippen MR) is 97.6 cm³/mol. The van der Waals surface area contributed by atoms with Crippen LogP contribution in [0.2, 0.25) is 0 Å². The summed E-state index contributed by atoms with van der Waals surface area (Å²) >= 11 is 0. The lowest BCUT2D eigenvalue weighted by molar-refractivity contribution is -0.384. The number of nitrogens with one attached hydrogen (secondary N) is 1. The maximum atomic E-state index is 12.8. The van der Waals surface area contributed by atoms with Crippen LogP contribution in [0.3, 0.4) is 0 Å². The maximum absolute atomic E-state index is 12.8. The first kappa shape index (κ1) is 17.9. The van der Waals surface area contributed by atoms with E-state index in [-0.39, 0.29) is 23.2 Å². The van der Waals surface area contributed by atoms with Crippen LogP contribution in [-0.4, -0.2) is 41.9 Å². The molecular weight excluding hydrogens is 334 g/mol. The number of rotatable bonds is 5. The van der Waals surface area contributed by atoms with Crippen LogP contribution >= 0.6 is 0 Å². The van der Waals surface area contributed by atoms with E-state index in [4.69, 9.17) is 4.74 Å². The molecule has 1 aliphatic heterocycles. The molecule has 0 aromatic heterocycles. The number of piperidine rings is 1. The summed E-state index contributed by atoms with van der Waals surface area (Å²) in [6.07, 6.45) is 1.71. The third-order valence-corrected chi connectivity index (χ3v) is 4.44. The molecule has 26 heavy (non-hydrogen) atoms. The minimum atomic E-state index is -0.515. The van der Waals surface area contributed by atoms with Gasteiger partial charge < -0.3 is 15.0 Å². The number of nitrogens with zero attached hydrogens (tertiary/aromatic N) is 2. The average Bonchev–Trinajstić information content (AvgIpc) is 2.64. The molecule has 1 N–H and O–H groups in total. The van der Waals surface area contributed by atoms with E-state index in [1.165, 1.54) is 18.2 Å². The second-order valence-electron chi connectivity index (χ2n) is 6.40. The van der Waals surface area contributed by atoms with E-state index in [0.29, 0.717) is 11.5 Å². The van der Waals surface area contributed by atoms with Crippen LogP contribution in [0, 0.1) is 10.1 Å². The molecule has 136 valence electrons. The molecular formula is C19H21N3O4. The number of nitro groups is 1. The lowest BCUT2D eigenvalue weighted by atomic mass is 10.0. The summed E-state index contributed by atoms with van der Waals surface area (Å²) < 4.78 is 5.78. The average molecular weight is 355 g/mol. The van der Waals surface area contributed by atoms with Gasteiger partial charge in [-0.25, -0.2) is 0 Å². The SMILES string of the molecule is CN1CCC(NC(=O)c2cc([N+](=O)[O-])ccc2Oc2ccccc2)CC1. The van der Waals surface area contributed by atoms with Gasteiger partial charge in [0.25, 0.3) is 11.6 Å². The molecule has 1 aliphatic rings. The van der Waals surface area contributed by atoms with Crippen molar-refractivity contribution in [3.63, 3.8) is 0 Å². The molecule has 7 heteroatoms. The van der Waals surface area contributed by atoms with Crippen molar-refractivity contribution in [3.05, 3.63) is 64.2 Å². The number of ether oxygens (including phenoxy) is 1. The standard InChI is InChI=1S/C19H21N3O4/c1-21-11-9-14(10-12-21)20-19(23)17-13-15(22(24)25)7-8-18(17)26-16-5-3-2-4-6-16/h2-8,13-14H,9-12H2,1H3,(H,20,23). The van der Waals surface area contributed by atoms with Crippen LogP contribution in [0.1, 0.15) is 23.2 Å². The summed E-state index contributed by atoms with van der Waals surface area (Å²) in [4.78, 5) is 25.5. The summed E-state index contributed by atoms with van der Waals surface area (Å²) in [6, 6.07) is 13.2. The molecule has 1 amide bonds. The van der Waals surface area contributed by atoms with E-state index in [9.17, 15) is 14.9 Å². The maximum Gasteiger partial charge on any atom is 0.270 e. The van der Waals surface area contributed by atoms with Crippen molar-refractivity contribution in [1.29, 1.82) is 0 Å². The van der Waals surface area contributed by atoms with Crippen LogP contribution in [0.5, 0.6) is 11.5 Å². The highest BCUT2D eigenvalue weighted by Crippen LogP contribution is 2.29. The zero-order valence-electron chi connectivity index (χ0n) is 14.6. The molecule has 2 aromatic carbocycles. The van der Waals surface area contributed by atoms with Crippen molar-refractivity contribution in [2.45, 2.75) is 18.9 Å². The fourth-order valence-electron chi connectivity index (χ4n) is 2.93. The molecule has 0 spiro atoms. The Kier molecular flexibility index (Phi) is 5.48. The number of benzene rings is 2. The third kappa shape index (κ3) is 4.37. The molecule has 3 rings (SSSR count). The largest absolute Gasteiger partial charge is 0.457 e. The molecule has 0 unspecified atom stereocenters. The van der Waals surface area contributed by atoms with E-state index in [1.54, 1.807) is 12.1 Å². The first-order valence-corrected chi connectivity index (χ1v) is 8.53. The van der Waals surface area contributed by atoms with Gasteiger partial charge in [0.2, 0.25) is 0 Å². The van der Waals surface area contributed by atoms with Crippen LogP contribution in [0.15, 0.2) is 48.5 Å². The van der Waals surface area contributed by atoms with Gasteiger partial charge in [-0.05, 0) is 51.2 Å². The van der Waals surface area contributed by atoms with Crippen LogP contribution in [-0.2, 0) is 0 Å². The quantitative estimate of drug-likeness (QED) is 0.657. The van der Waals surface area contributed by atoms with Gasteiger partial charge in [-0.15, -0.1) is 0 Å². The van der Waals surface area contributed by atoms with Gasteiger partial charge in [-0.2, -0.15) is 0 Å². The van der Waals surface area contributed by atoms with E-state index in [2.05, 4.69) is 10.2 Å². The van der Waals surface area contributed by atoms with Crippen molar-refractivity contribution in [2.24, 2.45) is 0 Å². The van der Waals surface area contributed by atoms with Gasteiger partial charge in [0.05, 0.1) is 10.5 Å². The van der Waals surface area contributed by atoms with Gasteiger partial charge in [0, 0.05) is 18.2 Å². The molecule has 0 aliphatic carbocycles. The van der Waals surface area contributed by atoms with Crippen molar-refractivity contribution in [3.8, 4) is 11.5 Å². The van der Waals surface area contributed by atoms with Gasteiger partial charge in [0.1, 0.15) is 11.5 Å². The Bertz CT molecular complexity index is 787. The first-order chi connectivity index (χ1) is 12.5. The molecule has 1 saturated heterocycles. The number of likely N-dealkylation sites (tertiary alicyclic amines) is 1. The van der Waals surface area contributed by atoms with E-state index < -0.39 is 4.92 Å². The number of nitro benzene ring substituents is 1. The monoisotopic (exact) mass is 355 g/mol.